The number of para-hydroxylation sites is 1. The molecule has 1 saturated heterocycles. The van der Waals surface area contributed by atoms with Gasteiger partial charge in [-0.05, 0) is 43.8 Å². The Labute approximate surface area is 157 Å². The zero-order chi connectivity index (χ0) is 18.4. The Morgan fingerprint density at radius 3 is 3.00 bits per heavy atom. The van der Waals surface area contributed by atoms with Gasteiger partial charge < -0.3 is 14.8 Å². The van der Waals surface area contributed by atoms with Crippen LogP contribution in [0.2, 0.25) is 0 Å². The van der Waals surface area contributed by atoms with Crippen LogP contribution >= 0.6 is 0 Å². The highest BCUT2D eigenvalue weighted by Gasteiger charge is 2.58. The Bertz CT molecular complexity index is 983. The maximum atomic E-state index is 13.6. The van der Waals surface area contributed by atoms with Crippen molar-refractivity contribution in [3.8, 4) is 0 Å². The van der Waals surface area contributed by atoms with Crippen molar-refractivity contribution in [2.75, 3.05) is 13.1 Å². The Morgan fingerprint density at radius 1 is 1.37 bits per heavy atom. The third-order valence-corrected chi connectivity index (χ3v) is 6.32. The Hall–Kier alpha value is -2.67. The molecule has 1 aliphatic carbocycles. The van der Waals surface area contributed by atoms with Gasteiger partial charge in [0.15, 0.2) is 0 Å². The van der Waals surface area contributed by atoms with Crippen LogP contribution in [0.1, 0.15) is 35.4 Å². The molecule has 2 aliphatic rings. The smallest absolute Gasteiger partial charge is 0.256 e. The summed E-state index contributed by atoms with van der Waals surface area (Å²) in [4.78, 5) is 20.1. The molecule has 2 N–H and O–H groups in total. The number of hydrogen-bond acceptors (Lipinski definition) is 4. The lowest BCUT2D eigenvalue weighted by molar-refractivity contribution is 0.0687. The van der Waals surface area contributed by atoms with Gasteiger partial charge in [-0.2, -0.15) is 5.10 Å². The molecule has 1 aliphatic heterocycles. The van der Waals surface area contributed by atoms with E-state index in [0.717, 1.165) is 49.1 Å². The minimum atomic E-state index is 0.0632. The number of aromatic amines is 1. The minimum absolute atomic E-state index is 0.0632. The van der Waals surface area contributed by atoms with E-state index in [-0.39, 0.29) is 17.4 Å². The number of imidazole rings is 1. The molecule has 0 bridgehead atoms. The molecule has 7 heteroatoms. The SMILES string of the molecule is Cn1ccnc1CN(C(=O)c1cccc2cn[nH]c12)[C@H]1CC12CCNCC2. The highest BCUT2D eigenvalue weighted by molar-refractivity contribution is 6.05. The minimum Gasteiger partial charge on any atom is -0.337 e. The normalized spacial score (nSPS) is 20.9. The van der Waals surface area contributed by atoms with E-state index in [2.05, 4.69) is 20.5 Å². The van der Waals surface area contributed by atoms with E-state index >= 15 is 0 Å². The number of carbonyl (C=O) groups is 1. The van der Waals surface area contributed by atoms with Gasteiger partial charge in [0.05, 0.1) is 23.8 Å². The van der Waals surface area contributed by atoms with Gasteiger partial charge in [0, 0.05) is 30.9 Å². The fraction of sp³-hybridized carbons (Fsp3) is 0.450. The predicted octanol–water partition coefficient (Wildman–Crippen LogP) is 2.08. The summed E-state index contributed by atoms with van der Waals surface area (Å²) in [5.74, 6) is 0.976. The number of H-pyrrole nitrogens is 1. The molecule has 2 aromatic heterocycles. The van der Waals surface area contributed by atoms with E-state index in [4.69, 9.17) is 0 Å². The van der Waals surface area contributed by atoms with Crippen LogP contribution < -0.4 is 5.32 Å². The molecule has 0 radical (unpaired) electrons. The highest BCUT2D eigenvalue weighted by Crippen LogP contribution is 2.56. The summed E-state index contributed by atoms with van der Waals surface area (Å²) in [6, 6.07) is 6.08. The summed E-state index contributed by atoms with van der Waals surface area (Å²) in [7, 11) is 1.98. The highest BCUT2D eigenvalue weighted by atomic mass is 16.2. The van der Waals surface area contributed by atoms with Gasteiger partial charge in [-0.15, -0.1) is 0 Å². The third kappa shape index (κ3) is 2.73. The summed E-state index contributed by atoms with van der Waals surface area (Å²) in [5.41, 5.74) is 1.77. The standard InChI is InChI=1S/C20H24N6O/c1-25-10-9-22-17(25)13-26(16-11-20(16)5-7-21-8-6-20)19(27)15-4-2-3-14-12-23-24-18(14)15/h2-4,9-10,12,16,21H,5-8,11,13H2,1H3,(H,23,24)/t16-/m0/s1. The molecule has 140 valence electrons. The number of carbonyl (C=O) groups excluding carboxylic acids is 1. The van der Waals surface area contributed by atoms with Crippen molar-refractivity contribution in [2.45, 2.75) is 31.8 Å². The van der Waals surface area contributed by atoms with Crippen LogP contribution in [0.3, 0.4) is 0 Å². The fourth-order valence-corrected chi connectivity index (χ4v) is 4.56. The van der Waals surface area contributed by atoms with Crippen LogP contribution in [0, 0.1) is 5.41 Å². The lowest BCUT2D eigenvalue weighted by Crippen LogP contribution is -2.39. The summed E-state index contributed by atoms with van der Waals surface area (Å²) < 4.78 is 1.99. The number of benzene rings is 1. The average Bonchev–Trinajstić information content (AvgIpc) is 3.03. The largest absolute Gasteiger partial charge is 0.337 e. The monoisotopic (exact) mass is 364 g/mol. The molecule has 5 rings (SSSR count). The van der Waals surface area contributed by atoms with Crippen LogP contribution in [0.25, 0.3) is 10.9 Å². The molecule has 3 heterocycles. The number of aryl methyl sites for hydroxylation is 1. The quantitative estimate of drug-likeness (QED) is 0.743. The van der Waals surface area contributed by atoms with Crippen LogP contribution in [-0.4, -0.2) is 49.7 Å². The zero-order valence-electron chi connectivity index (χ0n) is 15.5. The van der Waals surface area contributed by atoms with Gasteiger partial charge in [-0.25, -0.2) is 4.98 Å². The van der Waals surface area contributed by atoms with Crippen LogP contribution in [-0.2, 0) is 13.6 Å². The Morgan fingerprint density at radius 2 is 2.22 bits per heavy atom. The van der Waals surface area contributed by atoms with Crippen molar-refractivity contribution in [3.63, 3.8) is 0 Å². The van der Waals surface area contributed by atoms with Crippen molar-refractivity contribution in [1.82, 2.24) is 30.0 Å². The first-order valence-corrected chi connectivity index (χ1v) is 9.58. The molecule has 1 atom stereocenters. The second kappa shape index (κ2) is 6.20. The first-order chi connectivity index (χ1) is 13.2. The zero-order valence-corrected chi connectivity index (χ0v) is 15.5. The molecule has 27 heavy (non-hydrogen) atoms. The first kappa shape index (κ1) is 16.5. The molecule has 1 amide bonds. The number of nitrogens with zero attached hydrogens (tertiary/aromatic N) is 4. The Kier molecular flexibility index (Phi) is 3.79. The molecular weight excluding hydrogens is 340 g/mol. The molecule has 2 fully saturated rings. The third-order valence-electron chi connectivity index (χ3n) is 6.32. The molecule has 3 aromatic rings. The number of amides is 1. The first-order valence-electron chi connectivity index (χ1n) is 9.58. The van der Waals surface area contributed by atoms with Crippen molar-refractivity contribution < 1.29 is 4.79 Å². The molecular formula is C20H24N6O. The van der Waals surface area contributed by atoms with Gasteiger partial charge in [0.1, 0.15) is 5.82 Å². The topological polar surface area (TPSA) is 78.8 Å². The second-order valence-corrected chi connectivity index (χ2v) is 7.86. The number of nitrogens with one attached hydrogen (secondary N) is 2. The van der Waals surface area contributed by atoms with Gasteiger partial charge >= 0.3 is 0 Å². The fourth-order valence-electron chi connectivity index (χ4n) is 4.56. The molecule has 1 saturated carbocycles. The summed E-state index contributed by atoms with van der Waals surface area (Å²) in [6.45, 7) is 2.61. The van der Waals surface area contributed by atoms with Gasteiger partial charge in [-0.1, -0.05) is 12.1 Å². The summed E-state index contributed by atoms with van der Waals surface area (Å²) in [5, 5.41) is 11.5. The van der Waals surface area contributed by atoms with Crippen molar-refractivity contribution in [1.29, 1.82) is 0 Å². The molecule has 0 unspecified atom stereocenters. The van der Waals surface area contributed by atoms with Crippen molar-refractivity contribution in [2.24, 2.45) is 12.5 Å². The second-order valence-electron chi connectivity index (χ2n) is 7.86. The van der Waals surface area contributed by atoms with E-state index in [1.54, 1.807) is 12.4 Å². The molecule has 7 nitrogen and oxygen atoms in total. The van der Waals surface area contributed by atoms with Crippen LogP contribution in [0.4, 0.5) is 0 Å². The Balaban J connectivity index is 1.50. The summed E-state index contributed by atoms with van der Waals surface area (Å²) in [6.07, 6.45) is 8.85. The van der Waals surface area contributed by atoms with Gasteiger partial charge in [-0.3, -0.25) is 9.89 Å². The number of aromatic nitrogens is 4. The van der Waals surface area contributed by atoms with Crippen molar-refractivity contribution >= 4 is 16.8 Å². The summed E-state index contributed by atoms with van der Waals surface area (Å²) >= 11 is 0. The van der Waals surface area contributed by atoms with Crippen molar-refractivity contribution in [3.05, 3.63) is 48.2 Å². The number of hydrogen-bond donors (Lipinski definition) is 2. The average molecular weight is 364 g/mol. The van der Waals surface area contributed by atoms with E-state index < -0.39 is 0 Å². The number of rotatable bonds is 4. The lowest BCUT2D eigenvalue weighted by Gasteiger charge is -2.29. The lowest BCUT2D eigenvalue weighted by atomic mass is 9.93. The maximum Gasteiger partial charge on any atom is 0.256 e. The van der Waals surface area contributed by atoms with E-state index in [0.29, 0.717) is 12.1 Å². The predicted molar refractivity (Wildman–Crippen MR) is 102 cm³/mol. The number of fused-ring (bicyclic) bond motifs is 1. The van der Waals surface area contributed by atoms with E-state index in [1.807, 2.05) is 40.9 Å². The van der Waals surface area contributed by atoms with E-state index in [1.165, 1.54) is 0 Å². The van der Waals surface area contributed by atoms with Crippen LogP contribution in [0.15, 0.2) is 36.8 Å². The van der Waals surface area contributed by atoms with E-state index in [9.17, 15) is 4.79 Å². The molecule has 1 spiro atoms. The maximum absolute atomic E-state index is 13.6. The van der Waals surface area contributed by atoms with Gasteiger partial charge in [0.25, 0.3) is 5.91 Å². The molecule has 1 aromatic carbocycles. The van der Waals surface area contributed by atoms with Crippen LogP contribution in [0.5, 0.6) is 0 Å². The number of piperidine rings is 1. The van der Waals surface area contributed by atoms with Gasteiger partial charge in [0.2, 0.25) is 0 Å².